The smallest absolute Gasteiger partial charge is 0.0741 e. The maximum Gasteiger partial charge on any atom is 0.0741 e. The van der Waals surface area contributed by atoms with Crippen LogP contribution >= 0.6 is 0 Å². The van der Waals surface area contributed by atoms with Gasteiger partial charge in [0.15, 0.2) is 0 Å². The van der Waals surface area contributed by atoms with Crippen LogP contribution in [0.5, 0.6) is 0 Å². The first-order chi connectivity index (χ1) is 11.8. The molecule has 0 aromatic heterocycles. The second-order valence-electron chi connectivity index (χ2n) is 7.19. The number of nitrogens with zero attached hydrogens (tertiary/aromatic N) is 2. The standard InChI is InChI=1S/C16H35N7O/c1-2-17-5-6-20-21-15-9-16(19-12-18-15)23-10-13(11-23)22-7-3-14(24)4-8-22/h13-21,24H,2-12H2,1H3/t15-,16+/m1/s1. The fourth-order valence-electron chi connectivity index (χ4n) is 3.83. The number of nitrogens with one attached hydrogen (secondary N) is 5. The molecule has 0 unspecified atom stereocenters. The highest BCUT2D eigenvalue weighted by molar-refractivity contribution is 4.94. The Labute approximate surface area is 145 Å². The lowest BCUT2D eigenvalue weighted by molar-refractivity contribution is -0.0401. The average molecular weight is 342 g/mol. The Balaban J connectivity index is 1.31. The molecular formula is C16H35N7O. The molecule has 0 radical (unpaired) electrons. The normalized spacial score (nSPS) is 31.2. The van der Waals surface area contributed by atoms with E-state index in [0.717, 1.165) is 71.7 Å². The zero-order chi connectivity index (χ0) is 16.8. The Morgan fingerprint density at radius 3 is 2.62 bits per heavy atom. The minimum absolute atomic E-state index is 0.0737. The summed E-state index contributed by atoms with van der Waals surface area (Å²) in [5.41, 5.74) is 6.68. The molecule has 3 aliphatic heterocycles. The third kappa shape index (κ3) is 5.09. The van der Waals surface area contributed by atoms with Crippen molar-refractivity contribution in [1.82, 2.24) is 36.6 Å². The van der Waals surface area contributed by atoms with E-state index >= 15 is 0 Å². The summed E-state index contributed by atoms with van der Waals surface area (Å²) in [6, 6.07) is 0.679. The number of aliphatic hydroxyl groups is 1. The van der Waals surface area contributed by atoms with Crippen LogP contribution in [0.3, 0.4) is 0 Å². The lowest BCUT2D eigenvalue weighted by atomic mass is 9.99. The van der Waals surface area contributed by atoms with Crippen LogP contribution in [-0.2, 0) is 0 Å². The van der Waals surface area contributed by atoms with E-state index in [4.69, 9.17) is 0 Å². The molecule has 0 spiro atoms. The van der Waals surface area contributed by atoms with E-state index in [1.165, 1.54) is 0 Å². The molecule has 0 bridgehead atoms. The summed E-state index contributed by atoms with van der Waals surface area (Å²) in [7, 11) is 0. The zero-order valence-corrected chi connectivity index (χ0v) is 14.9. The van der Waals surface area contributed by atoms with Gasteiger partial charge in [-0.15, -0.1) is 0 Å². The first-order valence-corrected chi connectivity index (χ1v) is 9.58. The van der Waals surface area contributed by atoms with Crippen molar-refractivity contribution in [3.05, 3.63) is 0 Å². The molecule has 0 aromatic carbocycles. The van der Waals surface area contributed by atoms with E-state index < -0.39 is 0 Å². The van der Waals surface area contributed by atoms with Crippen molar-refractivity contribution in [3.8, 4) is 0 Å². The second kappa shape index (κ2) is 9.40. The number of hydrazine groups is 1. The maximum absolute atomic E-state index is 9.63. The van der Waals surface area contributed by atoms with E-state index in [9.17, 15) is 5.11 Å². The van der Waals surface area contributed by atoms with E-state index in [-0.39, 0.29) is 6.10 Å². The minimum atomic E-state index is -0.0737. The van der Waals surface area contributed by atoms with Crippen molar-refractivity contribution in [3.63, 3.8) is 0 Å². The fraction of sp³-hybridized carbons (Fsp3) is 1.00. The van der Waals surface area contributed by atoms with E-state index in [1.807, 2.05) is 0 Å². The highest BCUT2D eigenvalue weighted by atomic mass is 16.3. The minimum Gasteiger partial charge on any atom is -0.393 e. The Kier molecular flexibility index (Phi) is 7.23. The van der Waals surface area contributed by atoms with Crippen LogP contribution in [0.1, 0.15) is 26.2 Å². The molecule has 8 heteroatoms. The third-order valence-corrected chi connectivity index (χ3v) is 5.44. The van der Waals surface area contributed by atoms with Crippen LogP contribution in [0.2, 0.25) is 0 Å². The van der Waals surface area contributed by atoms with Gasteiger partial charge in [0.05, 0.1) is 18.4 Å². The molecule has 3 saturated heterocycles. The molecule has 8 nitrogen and oxygen atoms in total. The molecule has 2 atom stereocenters. The molecular weight excluding hydrogens is 306 g/mol. The van der Waals surface area contributed by atoms with Gasteiger partial charge in [-0.3, -0.25) is 25.9 Å². The summed E-state index contributed by atoms with van der Waals surface area (Å²) in [6.45, 7) is 10.3. The van der Waals surface area contributed by atoms with Crippen molar-refractivity contribution >= 4 is 0 Å². The van der Waals surface area contributed by atoms with Gasteiger partial charge in [-0.2, -0.15) is 0 Å². The molecule has 0 aromatic rings. The Morgan fingerprint density at radius 1 is 1.08 bits per heavy atom. The molecule has 24 heavy (non-hydrogen) atoms. The molecule has 3 rings (SSSR count). The van der Waals surface area contributed by atoms with Crippen LogP contribution < -0.4 is 26.8 Å². The highest BCUT2D eigenvalue weighted by Crippen LogP contribution is 2.23. The maximum atomic E-state index is 9.63. The quantitative estimate of drug-likeness (QED) is 0.224. The molecule has 0 saturated carbocycles. The predicted octanol–water partition coefficient (Wildman–Crippen LogP) is -1.98. The Morgan fingerprint density at radius 2 is 1.88 bits per heavy atom. The van der Waals surface area contributed by atoms with Gasteiger partial charge < -0.3 is 10.4 Å². The average Bonchev–Trinajstić information content (AvgIpc) is 2.56. The number of piperidine rings is 1. The molecule has 6 N–H and O–H groups in total. The first-order valence-electron chi connectivity index (χ1n) is 9.58. The monoisotopic (exact) mass is 341 g/mol. The van der Waals surface area contributed by atoms with Crippen molar-refractivity contribution in [2.75, 3.05) is 52.5 Å². The van der Waals surface area contributed by atoms with Crippen LogP contribution in [-0.4, -0.2) is 91.9 Å². The van der Waals surface area contributed by atoms with Crippen molar-refractivity contribution < 1.29 is 5.11 Å². The number of likely N-dealkylation sites (tertiary alicyclic amines) is 2. The van der Waals surface area contributed by atoms with Gasteiger partial charge in [-0.05, 0) is 19.4 Å². The Bertz CT molecular complexity index is 358. The van der Waals surface area contributed by atoms with Gasteiger partial charge in [-0.1, -0.05) is 6.92 Å². The van der Waals surface area contributed by atoms with E-state index in [0.29, 0.717) is 18.4 Å². The number of aliphatic hydroxyl groups excluding tert-OH is 1. The molecule has 0 amide bonds. The lowest BCUT2D eigenvalue weighted by Gasteiger charge is -2.51. The summed E-state index contributed by atoms with van der Waals surface area (Å²) in [4.78, 5) is 5.10. The van der Waals surface area contributed by atoms with Crippen LogP contribution in [0.15, 0.2) is 0 Å². The third-order valence-electron chi connectivity index (χ3n) is 5.44. The highest BCUT2D eigenvalue weighted by Gasteiger charge is 2.38. The molecule has 0 aliphatic carbocycles. The molecule has 3 heterocycles. The van der Waals surface area contributed by atoms with Gasteiger partial charge in [-0.25, -0.2) is 5.43 Å². The van der Waals surface area contributed by atoms with Crippen LogP contribution in [0.25, 0.3) is 0 Å². The summed E-state index contributed by atoms with van der Waals surface area (Å²) in [6.07, 6.45) is 3.61. The lowest BCUT2D eigenvalue weighted by Crippen LogP contribution is -2.70. The van der Waals surface area contributed by atoms with Gasteiger partial charge in [0.2, 0.25) is 0 Å². The first kappa shape index (κ1) is 18.5. The largest absolute Gasteiger partial charge is 0.393 e. The fourth-order valence-corrected chi connectivity index (χ4v) is 3.83. The number of likely N-dealkylation sites (N-methyl/N-ethyl adjacent to an activating group) is 1. The summed E-state index contributed by atoms with van der Waals surface area (Å²) in [5, 5.41) is 20.0. The van der Waals surface area contributed by atoms with E-state index in [1.54, 1.807) is 0 Å². The topological polar surface area (TPSA) is 86.9 Å². The van der Waals surface area contributed by atoms with E-state index in [2.05, 4.69) is 43.5 Å². The van der Waals surface area contributed by atoms with Gasteiger partial charge >= 0.3 is 0 Å². The van der Waals surface area contributed by atoms with Crippen molar-refractivity contribution in [1.29, 1.82) is 0 Å². The van der Waals surface area contributed by atoms with Crippen molar-refractivity contribution in [2.24, 2.45) is 0 Å². The molecule has 140 valence electrons. The predicted molar refractivity (Wildman–Crippen MR) is 95.2 cm³/mol. The van der Waals surface area contributed by atoms with Gasteiger partial charge in [0.1, 0.15) is 0 Å². The van der Waals surface area contributed by atoms with Crippen LogP contribution in [0.4, 0.5) is 0 Å². The van der Waals surface area contributed by atoms with Crippen LogP contribution in [0, 0.1) is 0 Å². The zero-order valence-electron chi connectivity index (χ0n) is 14.9. The number of rotatable bonds is 8. The number of hydrogen-bond donors (Lipinski definition) is 6. The SMILES string of the molecule is CCNCCNN[C@@H]1C[C@H](N2CC(N3CCC(O)CC3)C2)NCN1. The summed E-state index contributed by atoms with van der Waals surface area (Å²) in [5.74, 6) is 0. The van der Waals surface area contributed by atoms with Gasteiger partial charge in [0, 0.05) is 58.4 Å². The second-order valence-corrected chi connectivity index (χ2v) is 7.19. The molecule has 3 fully saturated rings. The van der Waals surface area contributed by atoms with Crippen molar-refractivity contribution in [2.45, 2.75) is 50.7 Å². The van der Waals surface area contributed by atoms with Gasteiger partial charge in [0.25, 0.3) is 0 Å². The Hall–Kier alpha value is -0.320. The summed E-state index contributed by atoms with van der Waals surface area (Å²) >= 11 is 0. The molecule has 3 aliphatic rings. The number of hydrogen-bond acceptors (Lipinski definition) is 8. The summed E-state index contributed by atoms with van der Waals surface area (Å²) < 4.78 is 0.